The molecule has 8 heteroatoms. The predicted octanol–water partition coefficient (Wildman–Crippen LogP) is 3.81. The maximum Gasteiger partial charge on any atom is 0.339 e. The highest BCUT2D eigenvalue weighted by Gasteiger charge is 2.17. The third-order valence-corrected chi connectivity index (χ3v) is 5.59. The van der Waals surface area contributed by atoms with Gasteiger partial charge < -0.3 is 13.7 Å². The highest BCUT2D eigenvalue weighted by atomic mass is 32.2. The summed E-state index contributed by atoms with van der Waals surface area (Å²) in [6.07, 6.45) is 0. The molecule has 3 rings (SSSR count). The van der Waals surface area contributed by atoms with Gasteiger partial charge >= 0.3 is 16.1 Å². The molecule has 0 saturated carbocycles. The zero-order valence-electron chi connectivity index (χ0n) is 16.9. The standard InChI is InChI=1S/C23H20O7S/c1-16-6-12-21(13-7-16)31(26,27)30-19-10-8-17(9-11-19)22(24)15-29-23(25)18-4-3-5-20(14-18)28-2/h3-14H,15H2,1-2H3. The van der Waals surface area contributed by atoms with Crippen molar-refractivity contribution in [2.24, 2.45) is 0 Å². The minimum atomic E-state index is -3.99. The molecular formula is C23H20O7S. The van der Waals surface area contributed by atoms with Crippen LogP contribution in [0.5, 0.6) is 11.5 Å². The number of esters is 1. The molecule has 0 aliphatic carbocycles. The van der Waals surface area contributed by atoms with E-state index in [-0.39, 0.29) is 21.8 Å². The van der Waals surface area contributed by atoms with Crippen LogP contribution in [0, 0.1) is 6.92 Å². The maximum absolute atomic E-state index is 12.3. The van der Waals surface area contributed by atoms with Crippen LogP contribution in [0.4, 0.5) is 0 Å². The number of rotatable bonds is 8. The van der Waals surface area contributed by atoms with Crippen LogP contribution in [0.1, 0.15) is 26.3 Å². The summed E-state index contributed by atoms with van der Waals surface area (Å²) >= 11 is 0. The van der Waals surface area contributed by atoms with Gasteiger partial charge in [-0.05, 0) is 61.5 Å². The number of methoxy groups -OCH3 is 1. The second-order valence-corrected chi connectivity index (χ2v) is 8.15. The first-order valence-corrected chi connectivity index (χ1v) is 10.6. The highest BCUT2D eigenvalue weighted by Crippen LogP contribution is 2.20. The summed E-state index contributed by atoms with van der Waals surface area (Å²) in [5.41, 5.74) is 1.43. The number of carbonyl (C=O) groups excluding carboxylic acids is 2. The van der Waals surface area contributed by atoms with Crippen LogP contribution in [-0.2, 0) is 14.9 Å². The second kappa shape index (κ2) is 9.44. The Balaban J connectivity index is 1.60. The Hall–Kier alpha value is -3.65. The average molecular weight is 440 g/mol. The van der Waals surface area contributed by atoms with Gasteiger partial charge in [-0.3, -0.25) is 4.79 Å². The topological polar surface area (TPSA) is 96.0 Å². The molecule has 0 bridgehead atoms. The van der Waals surface area contributed by atoms with E-state index in [0.717, 1.165) is 5.56 Å². The first-order chi connectivity index (χ1) is 14.8. The molecule has 0 aromatic heterocycles. The number of ketones is 1. The van der Waals surface area contributed by atoms with E-state index in [4.69, 9.17) is 13.7 Å². The lowest BCUT2D eigenvalue weighted by Gasteiger charge is -2.08. The van der Waals surface area contributed by atoms with Gasteiger partial charge in [0.2, 0.25) is 0 Å². The van der Waals surface area contributed by atoms with Gasteiger partial charge in [-0.2, -0.15) is 8.42 Å². The Labute approximate surface area is 180 Å². The molecule has 0 aliphatic heterocycles. The Morgan fingerprint density at radius 2 is 1.52 bits per heavy atom. The second-order valence-electron chi connectivity index (χ2n) is 6.61. The van der Waals surface area contributed by atoms with Crippen molar-refractivity contribution < 1.29 is 31.7 Å². The molecule has 0 radical (unpaired) electrons. The van der Waals surface area contributed by atoms with Crippen molar-refractivity contribution in [3.8, 4) is 11.5 Å². The minimum absolute atomic E-state index is 0.0303. The number of ether oxygens (including phenoxy) is 2. The molecule has 0 N–H and O–H groups in total. The van der Waals surface area contributed by atoms with Crippen molar-refractivity contribution in [1.82, 2.24) is 0 Å². The number of hydrogen-bond donors (Lipinski definition) is 0. The number of Topliss-reactive ketones (excluding diaryl/α,β-unsaturated/α-hetero) is 1. The molecule has 0 saturated heterocycles. The van der Waals surface area contributed by atoms with E-state index in [0.29, 0.717) is 5.75 Å². The van der Waals surface area contributed by atoms with E-state index in [1.807, 2.05) is 6.92 Å². The van der Waals surface area contributed by atoms with E-state index in [1.165, 1.54) is 49.6 Å². The fourth-order valence-corrected chi connectivity index (χ4v) is 3.55. The predicted molar refractivity (Wildman–Crippen MR) is 113 cm³/mol. The van der Waals surface area contributed by atoms with E-state index >= 15 is 0 Å². The number of aryl methyl sites for hydroxylation is 1. The Morgan fingerprint density at radius 1 is 0.839 bits per heavy atom. The summed E-state index contributed by atoms with van der Waals surface area (Å²) in [6.45, 7) is 1.39. The van der Waals surface area contributed by atoms with Gasteiger partial charge in [0.15, 0.2) is 12.4 Å². The molecule has 0 spiro atoms. The molecule has 3 aromatic carbocycles. The van der Waals surface area contributed by atoms with E-state index in [9.17, 15) is 18.0 Å². The summed E-state index contributed by atoms with van der Waals surface area (Å²) in [6, 6.07) is 18.2. The normalized spacial score (nSPS) is 10.9. The van der Waals surface area contributed by atoms with Crippen LogP contribution in [-0.4, -0.2) is 33.9 Å². The quantitative estimate of drug-likeness (QED) is 0.299. The lowest BCUT2D eigenvalue weighted by molar-refractivity contribution is 0.0474. The molecule has 160 valence electrons. The smallest absolute Gasteiger partial charge is 0.339 e. The molecule has 0 fully saturated rings. The van der Waals surface area contributed by atoms with Crippen LogP contribution < -0.4 is 8.92 Å². The maximum atomic E-state index is 12.3. The molecule has 3 aromatic rings. The Kier molecular flexibility index (Phi) is 6.71. The van der Waals surface area contributed by atoms with Crippen molar-refractivity contribution in [2.75, 3.05) is 13.7 Å². The molecule has 0 atom stereocenters. The van der Waals surface area contributed by atoms with Crippen molar-refractivity contribution in [1.29, 1.82) is 0 Å². The van der Waals surface area contributed by atoms with E-state index in [1.54, 1.807) is 30.3 Å². The molecule has 0 heterocycles. The molecular weight excluding hydrogens is 420 g/mol. The van der Waals surface area contributed by atoms with Crippen LogP contribution in [0.15, 0.2) is 77.7 Å². The zero-order chi connectivity index (χ0) is 22.4. The summed E-state index contributed by atoms with van der Waals surface area (Å²) in [4.78, 5) is 24.4. The lowest BCUT2D eigenvalue weighted by Crippen LogP contribution is -2.14. The summed E-state index contributed by atoms with van der Waals surface area (Å²) in [5.74, 6) is -0.539. The third kappa shape index (κ3) is 5.70. The molecule has 31 heavy (non-hydrogen) atoms. The number of hydrogen-bond acceptors (Lipinski definition) is 7. The number of benzene rings is 3. The monoisotopic (exact) mass is 440 g/mol. The summed E-state index contributed by atoms with van der Waals surface area (Å²) < 4.78 is 39.9. The number of carbonyl (C=O) groups is 2. The van der Waals surface area contributed by atoms with Gasteiger partial charge in [0.1, 0.15) is 16.4 Å². The Bertz CT molecular complexity index is 1180. The van der Waals surface area contributed by atoms with Gasteiger partial charge in [0.25, 0.3) is 0 Å². The van der Waals surface area contributed by atoms with Crippen molar-refractivity contribution in [3.63, 3.8) is 0 Å². The fraction of sp³-hybridized carbons (Fsp3) is 0.130. The average Bonchev–Trinajstić information content (AvgIpc) is 2.77. The van der Waals surface area contributed by atoms with Crippen LogP contribution in [0.25, 0.3) is 0 Å². The fourth-order valence-electron chi connectivity index (χ4n) is 2.62. The highest BCUT2D eigenvalue weighted by molar-refractivity contribution is 7.87. The minimum Gasteiger partial charge on any atom is -0.497 e. The first kappa shape index (κ1) is 22.0. The van der Waals surface area contributed by atoms with E-state index < -0.39 is 28.5 Å². The summed E-state index contributed by atoms with van der Waals surface area (Å²) in [5, 5.41) is 0. The molecule has 0 amide bonds. The van der Waals surface area contributed by atoms with Crippen LogP contribution in [0.2, 0.25) is 0 Å². The van der Waals surface area contributed by atoms with Crippen LogP contribution >= 0.6 is 0 Å². The van der Waals surface area contributed by atoms with Crippen molar-refractivity contribution in [3.05, 3.63) is 89.5 Å². The van der Waals surface area contributed by atoms with E-state index in [2.05, 4.69) is 0 Å². The Morgan fingerprint density at radius 3 is 2.16 bits per heavy atom. The largest absolute Gasteiger partial charge is 0.497 e. The molecule has 0 unspecified atom stereocenters. The van der Waals surface area contributed by atoms with Gasteiger partial charge in [-0.15, -0.1) is 0 Å². The van der Waals surface area contributed by atoms with Gasteiger partial charge in [0.05, 0.1) is 12.7 Å². The lowest BCUT2D eigenvalue weighted by atomic mass is 10.1. The first-order valence-electron chi connectivity index (χ1n) is 9.24. The van der Waals surface area contributed by atoms with Gasteiger partial charge in [0, 0.05) is 5.56 Å². The zero-order valence-corrected chi connectivity index (χ0v) is 17.7. The van der Waals surface area contributed by atoms with Crippen molar-refractivity contribution in [2.45, 2.75) is 11.8 Å². The SMILES string of the molecule is COc1cccc(C(=O)OCC(=O)c2ccc(OS(=O)(=O)c3ccc(C)cc3)cc2)c1. The van der Waals surface area contributed by atoms with Gasteiger partial charge in [-0.25, -0.2) is 4.79 Å². The molecule has 0 aliphatic rings. The summed E-state index contributed by atoms with van der Waals surface area (Å²) in [7, 11) is -2.51. The van der Waals surface area contributed by atoms with Gasteiger partial charge in [-0.1, -0.05) is 23.8 Å². The van der Waals surface area contributed by atoms with Crippen molar-refractivity contribution >= 4 is 21.9 Å². The van der Waals surface area contributed by atoms with Crippen LogP contribution in [0.3, 0.4) is 0 Å². The molecule has 7 nitrogen and oxygen atoms in total. The third-order valence-electron chi connectivity index (χ3n) is 4.33.